The SMILES string of the molecule is CCc1cc(N(C)Cc2cc3cc(F)ccc3[nH]2)c2nncn2n1. The van der Waals surface area contributed by atoms with Gasteiger partial charge in [-0.2, -0.15) is 9.61 Å². The van der Waals surface area contributed by atoms with Crippen LogP contribution in [0.5, 0.6) is 0 Å². The van der Waals surface area contributed by atoms with Crippen LogP contribution < -0.4 is 4.90 Å². The zero-order valence-corrected chi connectivity index (χ0v) is 13.5. The summed E-state index contributed by atoms with van der Waals surface area (Å²) in [7, 11) is 2.00. The number of nitrogens with one attached hydrogen (secondary N) is 1. The first kappa shape index (κ1) is 14.6. The molecule has 3 heterocycles. The van der Waals surface area contributed by atoms with E-state index in [1.165, 1.54) is 12.1 Å². The van der Waals surface area contributed by atoms with Crippen LogP contribution in [0.15, 0.2) is 36.7 Å². The Kier molecular flexibility index (Phi) is 3.41. The second-order valence-electron chi connectivity index (χ2n) is 5.86. The largest absolute Gasteiger partial charge is 0.366 e. The van der Waals surface area contributed by atoms with Crippen molar-refractivity contribution in [3.63, 3.8) is 0 Å². The molecule has 0 amide bonds. The number of fused-ring (bicyclic) bond motifs is 2. The van der Waals surface area contributed by atoms with Crippen molar-refractivity contribution in [3.05, 3.63) is 53.9 Å². The van der Waals surface area contributed by atoms with Gasteiger partial charge < -0.3 is 9.88 Å². The Hall–Kier alpha value is -2.96. The highest BCUT2D eigenvalue weighted by Gasteiger charge is 2.13. The lowest BCUT2D eigenvalue weighted by Crippen LogP contribution is -2.18. The predicted molar refractivity (Wildman–Crippen MR) is 90.5 cm³/mol. The van der Waals surface area contributed by atoms with Crippen LogP contribution >= 0.6 is 0 Å². The number of aromatic nitrogens is 5. The van der Waals surface area contributed by atoms with Gasteiger partial charge in [-0.25, -0.2) is 4.39 Å². The van der Waals surface area contributed by atoms with Crippen LogP contribution in [-0.2, 0) is 13.0 Å². The normalized spacial score (nSPS) is 11.5. The number of aromatic amines is 1. The maximum atomic E-state index is 13.3. The van der Waals surface area contributed by atoms with Crippen LogP contribution in [0.25, 0.3) is 16.6 Å². The molecule has 1 aromatic carbocycles. The molecular weight excluding hydrogens is 307 g/mol. The predicted octanol–water partition coefficient (Wildman–Crippen LogP) is 2.94. The maximum Gasteiger partial charge on any atom is 0.200 e. The van der Waals surface area contributed by atoms with E-state index in [1.807, 2.05) is 19.2 Å². The van der Waals surface area contributed by atoms with Crippen molar-refractivity contribution in [2.45, 2.75) is 19.9 Å². The van der Waals surface area contributed by atoms with Gasteiger partial charge in [0.05, 0.1) is 17.9 Å². The second-order valence-corrected chi connectivity index (χ2v) is 5.86. The van der Waals surface area contributed by atoms with E-state index in [0.717, 1.165) is 40.0 Å². The molecule has 1 N–H and O–H groups in total. The third-order valence-corrected chi connectivity index (χ3v) is 4.12. The average Bonchev–Trinajstić information content (AvgIpc) is 3.19. The van der Waals surface area contributed by atoms with Gasteiger partial charge in [0.1, 0.15) is 12.1 Å². The number of anilines is 1. The van der Waals surface area contributed by atoms with Crippen molar-refractivity contribution < 1.29 is 4.39 Å². The van der Waals surface area contributed by atoms with Crippen LogP contribution in [0.3, 0.4) is 0 Å². The molecule has 0 aliphatic heterocycles. The molecular formula is C17H17FN6. The molecule has 0 bridgehead atoms. The van der Waals surface area contributed by atoms with Gasteiger partial charge in [-0.15, -0.1) is 10.2 Å². The summed E-state index contributed by atoms with van der Waals surface area (Å²) in [6.45, 7) is 2.71. The zero-order valence-electron chi connectivity index (χ0n) is 13.5. The smallest absolute Gasteiger partial charge is 0.200 e. The van der Waals surface area contributed by atoms with E-state index in [1.54, 1.807) is 16.9 Å². The van der Waals surface area contributed by atoms with Gasteiger partial charge in [0.2, 0.25) is 5.65 Å². The highest BCUT2D eigenvalue weighted by Crippen LogP contribution is 2.23. The third kappa shape index (κ3) is 2.47. The van der Waals surface area contributed by atoms with E-state index in [0.29, 0.717) is 6.54 Å². The molecule has 0 aliphatic carbocycles. The Labute approximate surface area is 137 Å². The first-order valence-electron chi connectivity index (χ1n) is 7.82. The van der Waals surface area contributed by atoms with Crippen LogP contribution in [0, 0.1) is 5.82 Å². The summed E-state index contributed by atoms with van der Waals surface area (Å²) in [6.07, 6.45) is 2.44. The number of nitrogens with zero attached hydrogens (tertiary/aromatic N) is 5. The molecule has 0 unspecified atom stereocenters. The lowest BCUT2D eigenvalue weighted by molar-refractivity contribution is 0.630. The molecule has 24 heavy (non-hydrogen) atoms. The third-order valence-electron chi connectivity index (χ3n) is 4.12. The molecule has 3 aromatic heterocycles. The van der Waals surface area contributed by atoms with Crippen LogP contribution in [0.4, 0.5) is 10.1 Å². The number of halogens is 1. The minimum Gasteiger partial charge on any atom is -0.366 e. The second kappa shape index (κ2) is 5.59. The van der Waals surface area contributed by atoms with Crippen molar-refractivity contribution in [2.75, 3.05) is 11.9 Å². The summed E-state index contributed by atoms with van der Waals surface area (Å²) in [5.41, 5.74) is 4.59. The van der Waals surface area contributed by atoms with Gasteiger partial charge in [-0.1, -0.05) is 6.92 Å². The molecule has 0 spiro atoms. The van der Waals surface area contributed by atoms with E-state index in [-0.39, 0.29) is 5.82 Å². The summed E-state index contributed by atoms with van der Waals surface area (Å²) >= 11 is 0. The van der Waals surface area contributed by atoms with Crippen molar-refractivity contribution in [3.8, 4) is 0 Å². The van der Waals surface area contributed by atoms with Crippen LogP contribution in [0.1, 0.15) is 18.3 Å². The zero-order chi connectivity index (χ0) is 16.7. The lowest BCUT2D eigenvalue weighted by atomic mass is 10.2. The highest BCUT2D eigenvalue weighted by atomic mass is 19.1. The number of H-pyrrole nitrogens is 1. The average molecular weight is 324 g/mol. The summed E-state index contributed by atoms with van der Waals surface area (Å²) < 4.78 is 15.0. The molecule has 122 valence electrons. The van der Waals surface area contributed by atoms with Gasteiger partial charge in [0.25, 0.3) is 0 Å². The summed E-state index contributed by atoms with van der Waals surface area (Å²) in [6, 6.07) is 8.76. The van der Waals surface area contributed by atoms with E-state index >= 15 is 0 Å². The standard InChI is InChI=1S/C17H17FN6/c1-3-13-8-16(17-21-19-10-24(17)22-13)23(2)9-14-7-11-6-12(18)4-5-15(11)20-14/h4-8,10,20H,3,9H2,1-2H3. The molecule has 7 heteroatoms. The Bertz CT molecular complexity index is 1020. The summed E-state index contributed by atoms with van der Waals surface area (Å²) in [5, 5.41) is 13.4. The molecule has 4 rings (SSSR count). The fraction of sp³-hybridized carbons (Fsp3) is 0.235. The van der Waals surface area contributed by atoms with Crippen molar-refractivity contribution in [1.82, 2.24) is 24.8 Å². The number of benzene rings is 1. The topological polar surface area (TPSA) is 62.1 Å². The van der Waals surface area contributed by atoms with Crippen LogP contribution in [-0.4, -0.2) is 31.8 Å². The van der Waals surface area contributed by atoms with Gasteiger partial charge in [-0.05, 0) is 36.8 Å². The Morgan fingerprint density at radius 2 is 2.12 bits per heavy atom. The molecule has 0 radical (unpaired) electrons. The van der Waals surface area contributed by atoms with Crippen molar-refractivity contribution >= 4 is 22.2 Å². The van der Waals surface area contributed by atoms with E-state index in [9.17, 15) is 4.39 Å². The molecule has 0 atom stereocenters. The number of hydrogen-bond donors (Lipinski definition) is 1. The summed E-state index contributed by atoms with van der Waals surface area (Å²) in [4.78, 5) is 5.42. The monoisotopic (exact) mass is 324 g/mol. The maximum absolute atomic E-state index is 13.3. The Morgan fingerprint density at radius 1 is 1.25 bits per heavy atom. The highest BCUT2D eigenvalue weighted by molar-refractivity contribution is 5.80. The van der Waals surface area contributed by atoms with Gasteiger partial charge in [0, 0.05) is 23.6 Å². The van der Waals surface area contributed by atoms with Gasteiger partial charge >= 0.3 is 0 Å². The van der Waals surface area contributed by atoms with Gasteiger partial charge in [-0.3, -0.25) is 0 Å². The lowest BCUT2D eigenvalue weighted by Gasteiger charge is -2.19. The van der Waals surface area contributed by atoms with Gasteiger partial charge in [0.15, 0.2) is 0 Å². The fourth-order valence-electron chi connectivity index (χ4n) is 2.90. The quantitative estimate of drug-likeness (QED) is 0.627. The molecule has 6 nitrogen and oxygen atoms in total. The Morgan fingerprint density at radius 3 is 2.96 bits per heavy atom. The van der Waals surface area contributed by atoms with E-state index < -0.39 is 0 Å². The number of rotatable bonds is 4. The molecule has 4 aromatic rings. The first-order chi connectivity index (χ1) is 11.6. The summed E-state index contributed by atoms with van der Waals surface area (Å²) in [5.74, 6) is -0.228. The molecule has 0 fully saturated rings. The van der Waals surface area contributed by atoms with E-state index in [2.05, 4.69) is 32.1 Å². The first-order valence-corrected chi connectivity index (χ1v) is 7.82. The molecule has 0 saturated carbocycles. The van der Waals surface area contributed by atoms with Crippen molar-refractivity contribution in [1.29, 1.82) is 0 Å². The number of aryl methyl sites for hydroxylation is 1. The minimum atomic E-state index is -0.228. The number of hydrogen-bond acceptors (Lipinski definition) is 4. The van der Waals surface area contributed by atoms with Crippen molar-refractivity contribution in [2.24, 2.45) is 0 Å². The van der Waals surface area contributed by atoms with E-state index in [4.69, 9.17) is 0 Å². The molecule has 0 saturated heterocycles. The fourth-order valence-corrected chi connectivity index (χ4v) is 2.90. The molecule has 0 aliphatic rings. The van der Waals surface area contributed by atoms with Crippen LogP contribution in [0.2, 0.25) is 0 Å². The Balaban J connectivity index is 1.70. The minimum absolute atomic E-state index is 0.228.